The van der Waals surface area contributed by atoms with Gasteiger partial charge >= 0.3 is 0 Å². The molecule has 2 heteroatoms. The van der Waals surface area contributed by atoms with Crippen molar-refractivity contribution in [1.82, 2.24) is 4.57 Å². The van der Waals surface area contributed by atoms with Crippen LogP contribution in [0.4, 0.5) is 17.1 Å². The molecule has 1 heterocycles. The third-order valence-corrected chi connectivity index (χ3v) is 9.67. The van der Waals surface area contributed by atoms with Gasteiger partial charge in [-0.05, 0) is 87.1 Å². The van der Waals surface area contributed by atoms with Crippen molar-refractivity contribution in [3.05, 3.63) is 176 Å². The third-order valence-electron chi connectivity index (χ3n) is 9.67. The summed E-state index contributed by atoms with van der Waals surface area (Å²) in [5.74, 6) is 0. The average molecular weight is 633 g/mol. The molecular formula is C47H40N2. The van der Waals surface area contributed by atoms with E-state index < -0.39 is 0 Å². The molecular weight excluding hydrogens is 593 g/mol. The second-order valence-electron chi connectivity index (χ2n) is 14.0. The molecule has 1 aromatic heterocycles. The second kappa shape index (κ2) is 12.3. The van der Waals surface area contributed by atoms with Crippen LogP contribution < -0.4 is 4.90 Å². The normalized spacial score (nSPS) is 11.7. The number of nitrogens with zero attached hydrogens (tertiary/aromatic N) is 2. The third kappa shape index (κ3) is 5.70. The molecule has 0 saturated heterocycles. The Labute approximate surface area is 289 Å². The molecule has 0 atom stereocenters. The van der Waals surface area contributed by atoms with Crippen LogP contribution in [0.2, 0.25) is 0 Å². The Morgan fingerprint density at radius 1 is 0.429 bits per heavy atom. The summed E-state index contributed by atoms with van der Waals surface area (Å²) in [6, 6.07) is 61.6. The summed E-state index contributed by atoms with van der Waals surface area (Å²) < 4.78 is 2.37. The van der Waals surface area contributed by atoms with Crippen LogP contribution in [0.1, 0.15) is 26.5 Å². The smallest absolute Gasteiger partial charge is 0.0486 e. The summed E-state index contributed by atoms with van der Waals surface area (Å²) in [4.78, 5) is 2.36. The topological polar surface area (TPSA) is 8.17 Å². The first-order chi connectivity index (χ1) is 23.8. The summed E-state index contributed by atoms with van der Waals surface area (Å²) in [7, 11) is 2.20. The SMILES string of the molecule is Cn1c(C(C)(C)C)c(-c2ccc(N(c3ccc(-c4ccccc4)cc3)c3ccc(-c4ccc5ccccc5c4)cc3)cc2)c2ccccc21. The van der Waals surface area contributed by atoms with Crippen LogP contribution in [0, 0.1) is 0 Å². The Kier molecular flexibility index (Phi) is 7.65. The van der Waals surface area contributed by atoms with Crippen LogP contribution in [-0.2, 0) is 12.5 Å². The maximum Gasteiger partial charge on any atom is 0.0486 e. The quantitative estimate of drug-likeness (QED) is 0.177. The van der Waals surface area contributed by atoms with E-state index in [2.05, 4.69) is 207 Å². The van der Waals surface area contributed by atoms with Crippen LogP contribution in [-0.4, -0.2) is 4.57 Å². The number of hydrogen-bond acceptors (Lipinski definition) is 1. The van der Waals surface area contributed by atoms with E-state index in [1.54, 1.807) is 0 Å². The fourth-order valence-electron chi connectivity index (χ4n) is 7.39. The molecule has 238 valence electrons. The van der Waals surface area contributed by atoms with Crippen LogP contribution in [0.15, 0.2) is 170 Å². The number of hydrogen-bond donors (Lipinski definition) is 0. The van der Waals surface area contributed by atoms with Gasteiger partial charge in [0.05, 0.1) is 0 Å². The van der Waals surface area contributed by atoms with Crippen molar-refractivity contribution in [2.24, 2.45) is 7.05 Å². The summed E-state index contributed by atoms with van der Waals surface area (Å²) in [5, 5.41) is 3.81. The minimum absolute atomic E-state index is 0.0128. The van der Waals surface area contributed by atoms with Gasteiger partial charge in [0.1, 0.15) is 0 Å². The van der Waals surface area contributed by atoms with Gasteiger partial charge < -0.3 is 9.47 Å². The van der Waals surface area contributed by atoms with Gasteiger partial charge in [-0.2, -0.15) is 0 Å². The zero-order valence-corrected chi connectivity index (χ0v) is 28.6. The molecule has 8 rings (SSSR count). The van der Waals surface area contributed by atoms with Gasteiger partial charge in [-0.1, -0.05) is 142 Å². The molecule has 2 nitrogen and oxygen atoms in total. The molecule has 8 aromatic rings. The van der Waals surface area contributed by atoms with Gasteiger partial charge in [-0.15, -0.1) is 0 Å². The molecule has 0 saturated carbocycles. The maximum absolute atomic E-state index is 2.37. The predicted molar refractivity (Wildman–Crippen MR) is 210 cm³/mol. The number of rotatable bonds is 6. The highest BCUT2D eigenvalue weighted by Crippen LogP contribution is 2.42. The monoisotopic (exact) mass is 632 g/mol. The van der Waals surface area contributed by atoms with E-state index >= 15 is 0 Å². The lowest BCUT2D eigenvalue weighted by atomic mass is 9.86. The number of aryl methyl sites for hydroxylation is 1. The predicted octanol–water partition coefficient (Wildman–Crippen LogP) is 13.1. The minimum atomic E-state index is -0.0128. The van der Waals surface area contributed by atoms with Gasteiger partial charge in [0, 0.05) is 51.7 Å². The molecule has 0 aliphatic carbocycles. The standard InChI is InChI=1S/C47H40N2/c1-47(2,3)46-45(43-16-10-11-17-44(43)48(46)4)37-24-30-42(31-25-37)49(40-26-20-35(21-27-40)33-12-6-5-7-13-33)41-28-22-36(23-29-41)39-19-18-34-14-8-9-15-38(34)32-39/h5-32H,1-4H3. The van der Waals surface area contributed by atoms with Crippen molar-refractivity contribution in [3.63, 3.8) is 0 Å². The molecule has 0 aliphatic heterocycles. The van der Waals surface area contributed by atoms with E-state index in [0.717, 1.165) is 17.1 Å². The molecule has 0 spiro atoms. The number of benzene rings is 7. The first-order valence-corrected chi connectivity index (χ1v) is 17.1. The zero-order valence-electron chi connectivity index (χ0n) is 28.6. The summed E-state index contributed by atoms with van der Waals surface area (Å²) >= 11 is 0. The fourth-order valence-corrected chi connectivity index (χ4v) is 7.39. The Morgan fingerprint density at radius 3 is 1.51 bits per heavy atom. The molecule has 0 unspecified atom stereocenters. The first-order valence-electron chi connectivity index (χ1n) is 17.1. The number of aromatic nitrogens is 1. The lowest BCUT2D eigenvalue weighted by Crippen LogP contribution is -2.17. The fraction of sp³-hybridized carbons (Fsp3) is 0.106. The average Bonchev–Trinajstić information content (AvgIpc) is 3.45. The lowest BCUT2D eigenvalue weighted by molar-refractivity contribution is 0.549. The molecule has 0 aliphatic rings. The van der Waals surface area contributed by atoms with Gasteiger partial charge in [-0.3, -0.25) is 0 Å². The highest BCUT2D eigenvalue weighted by atomic mass is 15.1. The van der Waals surface area contributed by atoms with E-state index in [1.807, 2.05) is 0 Å². The largest absolute Gasteiger partial charge is 0.347 e. The number of fused-ring (bicyclic) bond motifs is 2. The molecule has 49 heavy (non-hydrogen) atoms. The van der Waals surface area contributed by atoms with Crippen LogP contribution >= 0.6 is 0 Å². The molecule has 0 radical (unpaired) electrons. The number of anilines is 3. The van der Waals surface area contributed by atoms with Crippen molar-refractivity contribution in [2.75, 3.05) is 4.90 Å². The first kappa shape index (κ1) is 30.5. The molecule has 0 N–H and O–H groups in total. The molecule has 0 amide bonds. The second-order valence-corrected chi connectivity index (χ2v) is 14.0. The lowest BCUT2D eigenvalue weighted by Gasteiger charge is -2.26. The van der Waals surface area contributed by atoms with Gasteiger partial charge in [-0.25, -0.2) is 0 Å². The van der Waals surface area contributed by atoms with Crippen molar-refractivity contribution in [3.8, 4) is 33.4 Å². The highest BCUT2D eigenvalue weighted by molar-refractivity contribution is 5.99. The summed E-state index contributed by atoms with van der Waals surface area (Å²) in [6.45, 7) is 6.92. The van der Waals surface area contributed by atoms with Crippen LogP contribution in [0.3, 0.4) is 0 Å². The minimum Gasteiger partial charge on any atom is -0.347 e. The van der Waals surface area contributed by atoms with Gasteiger partial charge in [0.25, 0.3) is 0 Å². The molecule has 7 aromatic carbocycles. The number of para-hydroxylation sites is 1. The van der Waals surface area contributed by atoms with Crippen molar-refractivity contribution in [2.45, 2.75) is 26.2 Å². The Hall–Kier alpha value is -5.86. The van der Waals surface area contributed by atoms with Crippen molar-refractivity contribution < 1.29 is 0 Å². The Balaban J connectivity index is 1.21. The summed E-state index contributed by atoms with van der Waals surface area (Å²) in [5.41, 5.74) is 13.3. The van der Waals surface area contributed by atoms with E-state index in [0.29, 0.717) is 0 Å². The van der Waals surface area contributed by atoms with Gasteiger partial charge in [0.2, 0.25) is 0 Å². The Morgan fingerprint density at radius 2 is 0.898 bits per heavy atom. The Bertz CT molecular complexity index is 2390. The van der Waals surface area contributed by atoms with E-state index in [4.69, 9.17) is 0 Å². The van der Waals surface area contributed by atoms with Crippen LogP contribution in [0.25, 0.3) is 55.1 Å². The molecule has 0 bridgehead atoms. The van der Waals surface area contributed by atoms with Crippen molar-refractivity contribution >= 4 is 38.7 Å². The van der Waals surface area contributed by atoms with E-state index in [1.165, 1.54) is 60.8 Å². The van der Waals surface area contributed by atoms with Crippen LogP contribution in [0.5, 0.6) is 0 Å². The maximum atomic E-state index is 2.37. The van der Waals surface area contributed by atoms with Crippen molar-refractivity contribution in [1.29, 1.82) is 0 Å². The van der Waals surface area contributed by atoms with E-state index in [9.17, 15) is 0 Å². The zero-order chi connectivity index (χ0) is 33.5. The van der Waals surface area contributed by atoms with E-state index in [-0.39, 0.29) is 5.41 Å². The molecule has 0 fully saturated rings. The highest BCUT2D eigenvalue weighted by Gasteiger charge is 2.26. The summed E-state index contributed by atoms with van der Waals surface area (Å²) in [6.07, 6.45) is 0. The van der Waals surface area contributed by atoms with Gasteiger partial charge in [0.15, 0.2) is 0 Å².